The molecule has 2 saturated heterocycles. The average Bonchev–Trinajstić information content (AvgIpc) is 2.43. The number of thioether (sulfide) groups is 2. The quantitative estimate of drug-likeness (QED) is 0.410. The lowest BCUT2D eigenvalue weighted by molar-refractivity contribution is 0.373. The fraction of sp³-hybridized carbons (Fsp3) is 0.933. The van der Waals surface area contributed by atoms with E-state index in [1.165, 1.54) is 30.1 Å². The smallest absolute Gasteiger partial charge is 0.193 e. The van der Waals surface area contributed by atoms with E-state index in [1.54, 1.807) is 0 Å². The van der Waals surface area contributed by atoms with Crippen LogP contribution in [0.5, 0.6) is 0 Å². The highest BCUT2D eigenvalue weighted by molar-refractivity contribution is 14.0. The van der Waals surface area contributed by atoms with Gasteiger partial charge in [-0.2, -0.15) is 23.5 Å². The van der Waals surface area contributed by atoms with Crippen LogP contribution in [0.1, 0.15) is 33.6 Å². The third-order valence-corrected chi connectivity index (χ3v) is 6.25. The fourth-order valence-electron chi connectivity index (χ4n) is 2.77. The first-order valence-corrected chi connectivity index (χ1v) is 10.00. The molecular formula is C15H30IN3S2. The molecule has 0 aliphatic carbocycles. The van der Waals surface area contributed by atoms with Crippen molar-refractivity contribution in [1.29, 1.82) is 0 Å². The molecule has 2 heterocycles. The van der Waals surface area contributed by atoms with Crippen molar-refractivity contribution in [2.75, 3.05) is 43.4 Å². The second-order valence-corrected chi connectivity index (χ2v) is 9.31. The van der Waals surface area contributed by atoms with Gasteiger partial charge in [-0.05, 0) is 51.0 Å². The van der Waals surface area contributed by atoms with Crippen LogP contribution in [-0.2, 0) is 0 Å². The van der Waals surface area contributed by atoms with Crippen LogP contribution in [0.15, 0.2) is 4.99 Å². The Morgan fingerprint density at radius 3 is 2.62 bits per heavy atom. The highest BCUT2D eigenvalue weighted by atomic mass is 127. The standard InChI is InChI=1S/C15H29N3S2.HI/c1-4-16-14(17-11-13-5-8-19-9-6-13)18-7-10-20-15(2,3)12-18;/h13H,4-12H2,1-3H3,(H,16,17);1H. The van der Waals surface area contributed by atoms with Crippen molar-refractivity contribution in [2.24, 2.45) is 10.9 Å². The molecule has 2 aliphatic rings. The minimum absolute atomic E-state index is 0. The Hall–Kier alpha value is 0.700. The summed E-state index contributed by atoms with van der Waals surface area (Å²) in [5.74, 6) is 5.79. The van der Waals surface area contributed by atoms with Crippen molar-refractivity contribution in [3.63, 3.8) is 0 Å². The molecule has 0 aromatic rings. The minimum Gasteiger partial charge on any atom is -0.357 e. The zero-order chi connectivity index (χ0) is 14.4. The summed E-state index contributed by atoms with van der Waals surface area (Å²) < 4.78 is 0.343. The lowest BCUT2D eigenvalue weighted by Crippen LogP contribution is -2.51. The third-order valence-electron chi connectivity index (χ3n) is 3.90. The maximum atomic E-state index is 4.94. The first-order chi connectivity index (χ1) is 9.61. The molecule has 0 amide bonds. The molecule has 1 N–H and O–H groups in total. The average molecular weight is 443 g/mol. The summed E-state index contributed by atoms with van der Waals surface area (Å²) in [6.45, 7) is 11.0. The van der Waals surface area contributed by atoms with E-state index in [0.29, 0.717) is 4.75 Å². The van der Waals surface area contributed by atoms with Gasteiger partial charge >= 0.3 is 0 Å². The van der Waals surface area contributed by atoms with Gasteiger partial charge in [0.05, 0.1) is 0 Å². The number of nitrogens with zero attached hydrogens (tertiary/aromatic N) is 2. The van der Waals surface area contributed by atoms with Crippen molar-refractivity contribution < 1.29 is 0 Å². The van der Waals surface area contributed by atoms with Gasteiger partial charge in [-0.3, -0.25) is 4.99 Å². The largest absolute Gasteiger partial charge is 0.357 e. The number of nitrogens with one attached hydrogen (secondary N) is 1. The molecule has 0 unspecified atom stereocenters. The highest BCUT2D eigenvalue weighted by Crippen LogP contribution is 2.29. The van der Waals surface area contributed by atoms with Crippen molar-refractivity contribution in [1.82, 2.24) is 10.2 Å². The van der Waals surface area contributed by atoms with Gasteiger partial charge in [0.15, 0.2) is 5.96 Å². The molecule has 2 rings (SSSR count). The molecule has 2 aliphatic heterocycles. The molecule has 0 spiro atoms. The van der Waals surface area contributed by atoms with Crippen LogP contribution >= 0.6 is 47.5 Å². The SMILES string of the molecule is CCNC(=NCC1CCSCC1)N1CCSC(C)(C)C1.I. The van der Waals surface area contributed by atoms with E-state index >= 15 is 0 Å². The van der Waals surface area contributed by atoms with Crippen molar-refractivity contribution in [3.05, 3.63) is 0 Å². The summed E-state index contributed by atoms with van der Waals surface area (Å²) in [5.41, 5.74) is 0. The molecule has 6 heteroatoms. The van der Waals surface area contributed by atoms with E-state index in [0.717, 1.165) is 38.1 Å². The third kappa shape index (κ3) is 6.77. The maximum Gasteiger partial charge on any atom is 0.193 e. The molecular weight excluding hydrogens is 413 g/mol. The lowest BCUT2D eigenvalue weighted by Gasteiger charge is -2.39. The molecule has 2 fully saturated rings. The lowest BCUT2D eigenvalue weighted by atomic mass is 10.0. The second-order valence-electron chi connectivity index (χ2n) is 6.28. The number of hydrogen-bond acceptors (Lipinski definition) is 3. The van der Waals surface area contributed by atoms with E-state index < -0.39 is 0 Å². The van der Waals surface area contributed by atoms with Crippen LogP contribution in [0, 0.1) is 5.92 Å². The normalized spacial score (nSPS) is 23.6. The van der Waals surface area contributed by atoms with E-state index in [9.17, 15) is 0 Å². The van der Waals surface area contributed by atoms with Crippen molar-refractivity contribution in [2.45, 2.75) is 38.4 Å². The van der Waals surface area contributed by atoms with E-state index in [4.69, 9.17) is 4.99 Å². The van der Waals surface area contributed by atoms with Gasteiger partial charge in [-0.25, -0.2) is 0 Å². The van der Waals surface area contributed by atoms with Crippen LogP contribution in [0.2, 0.25) is 0 Å². The highest BCUT2D eigenvalue weighted by Gasteiger charge is 2.28. The van der Waals surface area contributed by atoms with Crippen LogP contribution in [0.4, 0.5) is 0 Å². The molecule has 0 bridgehead atoms. The van der Waals surface area contributed by atoms with Gasteiger partial charge in [-0.1, -0.05) is 0 Å². The van der Waals surface area contributed by atoms with Crippen LogP contribution in [-0.4, -0.2) is 59.0 Å². The molecule has 124 valence electrons. The predicted molar refractivity (Wildman–Crippen MR) is 110 cm³/mol. The second kappa shape index (κ2) is 9.75. The first-order valence-electron chi connectivity index (χ1n) is 7.86. The number of rotatable bonds is 3. The Bertz CT molecular complexity index is 331. The Kier molecular flexibility index (Phi) is 9.17. The summed E-state index contributed by atoms with van der Waals surface area (Å²) in [6.07, 6.45) is 2.68. The Morgan fingerprint density at radius 1 is 1.29 bits per heavy atom. The van der Waals surface area contributed by atoms with Crippen LogP contribution in [0.3, 0.4) is 0 Å². The summed E-state index contributed by atoms with van der Waals surface area (Å²) in [7, 11) is 0. The zero-order valence-electron chi connectivity index (χ0n) is 13.6. The van der Waals surface area contributed by atoms with E-state index in [-0.39, 0.29) is 24.0 Å². The van der Waals surface area contributed by atoms with Gasteiger partial charge in [0.2, 0.25) is 0 Å². The Morgan fingerprint density at radius 2 is 2.00 bits per heavy atom. The number of guanidine groups is 1. The van der Waals surface area contributed by atoms with Gasteiger partial charge in [0, 0.05) is 36.7 Å². The molecule has 0 radical (unpaired) electrons. The maximum absolute atomic E-state index is 4.94. The van der Waals surface area contributed by atoms with Crippen molar-refractivity contribution >= 4 is 53.5 Å². The predicted octanol–water partition coefficient (Wildman–Crippen LogP) is 3.54. The van der Waals surface area contributed by atoms with Gasteiger partial charge in [-0.15, -0.1) is 24.0 Å². The minimum atomic E-state index is 0. The summed E-state index contributed by atoms with van der Waals surface area (Å²) >= 11 is 4.17. The molecule has 0 aromatic carbocycles. The molecule has 0 saturated carbocycles. The first kappa shape index (κ1) is 19.7. The van der Waals surface area contributed by atoms with Crippen LogP contribution < -0.4 is 5.32 Å². The molecule has 3 nitrogen and oxygen atoms in total. The fourth-order valence-corrected chi connectivity index (χ4v) is 5.08. The van der Waals surface area contributed by atoms with Gasteiger partial charge in [0.1, 0.15) is 0 Å². The monoisotopic (exact) mass is 443 g/mol. The topological polar surface area (TPSA) is 27.6 Å². The van der Waals surface area contributed by atoms with Crippen molar-refractivity contribution in [3.8, 4) is 0 Å². The molecule has 0 aromatic heterocycles. The van der Waals surface area contributed by atoms with Gasteiger partial charge in [0.25, 0.3) is 0 Å². The molecule has 21 heavy (non-hydrogen) atoms. The summed E-state index contributed by atoms with van der Waals surface area (Å²) in [4.78, 5) is 7.40. The summed E-state index contributed by atoms with van der Waals surface area (Å²) in [6, 6.07) is 0. The zero-order valence-corrected chi connectivity index (χ0v) is 17.5. The van der Waals surface area contributed by atoms with Crippen LogP contribution in [0.25, 0.3) is 0 Å². The summed E-state index contributed by atoms with van der Waals surface area (Å²) in [5, 5.41) is 3.49. The Balaban J connectivity index is 0.00000220. The number of halogens is 1. The number of aliphatic imine (C=N–C) groups is 1. The molecule has 0 atom stereocenters. The Labute approximate surface area is 155 Å². The number of hydrogen-bond donors (Lipinski definition) is 1. The van der Waals surface area contributed by atoms with E-state index in [2.05, 4.69) is 54.5 Å². The van der Waals surface area contributed by atoms with Gasteiger partial charge < -0.3 is 10.2 Å². The van der Waals surface area contributed by atoms with E-state index in [1.807, 2.05) is 0 Å².